The number of para-hydroxylation sites is 1. The Morgan fingerprint density at radius 1 is 1.19 bits per heavy atom. The average Bonchev–Trinajstić information content (AvgIpc) is 3.14. The summed E-state index contributed by atoms with van der Waals surface area (Å²) in [4.78, 5) is 4.17. The molecular weight excluding hydrogens is 266 g/mol. The lowest BCUT2D eigenvalue weighted by molar-refractivity contribution is 0.458. The van der Waals surface area contributed by atoms with Crippen molar-refractivity contribution < 1.29 is 13.9 Å². The highest BCUT2D eigenvalue weighted by Gasteiger charge is 2.07. The fourth-order valence-electron chi connectivity index (χ4n) is 2.27. The van der Waals surface area contributed by atoms with E-state index in [1.54, 1.807) is 25.3 Å². The smallest absolute Gasteiger partial charge is 0.256 e. The van der Waals surface area contributed by atoms with Crippen molar-refractivity contribution >= 4 is 28.6 Å². The van der Waals surface area contributed by atoms with Gasteiger partial charge in [-0.3, -0.25) is 0 Å². The fraction of sp³-hybridized carbons (Fsp3) is 0.118. The van der Waals surface area contributed by atoms with Gasteiger partial charge in [0.05, 0.1) is 12.0 Å². The van der Waals surface area contributed by atoms with Gasteiger partial charge in [-0.05, 0) is 32.0 Å². The molecule has 4 nitrogen and oxygen atoms in total. The summed E-state index contributed by atoms with van der Waals surface area (Å²) in [6.45, 7) is 3.67. The van der Waals surface area contributed by atoms with E-state index in [0.29, 0.717) is 16.9 Å². The summed E-state index contributed by atoms with van der Waals surface area (Å²) >= 11 is 0. The van der Waals surface area contributed by atoms with Gasteiger partial charge in [-0.1, -0.05) is 24.3 Å². The number of rotatable bonds is 2. The molecule has 3 aromatic rings. The molecule has 0 saturated heterocycles. The molecule has 0 aliphatic heterocycles. The third-order valence-electron chi connectivity index (χ3n) is 3.28. The second kappa shape index (κ2) is 5.32. The molecule has 0 radical (unpaired) electrons. The van der Waals surface area contributed by atoms with Crippen molar-refractivity contribution in [1.82, 2.24) is 0 Å². The van der Waals surface area contributed by atoms with Gasteiger partial charge < -0.3 is 13.9 Å². The first-order valence-corrected chi connectivity index (χ1v) is 6.67. The van der Waals surface area contributed by atoms with Crippen LogP contribution in [0, 0.1) is 0 Å². The van der Waals surface area contributed by atoms with Gasteiger partial charge >= 0.3 is 0 Å². The number of nitrogens with zero attached hydrogens (tertiary/aromatic N) is 1. The molecule has 0 atom stereocenters. The fourth-order valence-corrected chi connectivity index (χ4v) is 2.27. The molecule has 0 spiro atoms. The lowest BCUT2D eigenvalue weighted by Gasteiger charge is -1.94. The summed E-state index contributed by atoms with van der Waals surface area (Å²) in [6.07, 6.45) is 3.47. The number of aliphatic hydroxyl groups excluding tert-OH is 1. The zero-order valence-corrected chi connectivity index (χ0v) is 11.8. The molecule has 1 aromatic carbocycles. The maximum absolute atomic E-state index is 10.3. The van der Waals surface area contributed by atoms with Gasteiger partial charge in [-0.15, -0.1) is 0 Å². The van der Waals surface area contributed by atoms with E-state index in [1.807, 2.05) is 37.3 Å². The van der Waals surface area contributed by atoms with Crippen LogP contribution in [0.2, 0.25) is 0 Å². The van der Waals surface area contributed by atoms with Crippen LogP contribution in [-0.2, 0) is 0 Å². The molecule has 2 heterocycles. The zero-order chi connectivity index (χ0) is 14.8. The number of aliphatic imine (C=N–C) groups is 1. The molecule has 4 heteroatoms. The van der Waals surface area contributed by atoms with E-state index in [4.69, 9.17) is 8.83 Å². The van der Waals surface area contributed by atoms with Gasteiger partial charge in [-0.25, -0.2) is 4.99 Å². The molecule has 21 heavy (non-hydrogen) atoms. The molecule has 106 valence electrons. The predicted octanol–water partition coefficient (Wildman–Crippen LogP) is 2.96. The number of hydrogen-bond donors (Lipinski definition) is 1. The molecule has 0 unspecified atom stereocenters. The Labute approximate surface area is 121 Å². The van der Waals surface area contributed by atoms with Gasteiger partial charge in [0.15, 0.2) is 5.42 Å². The van der Waals surface area contributed by atoms with Gasteiger partial charge in [0.2, 0.25) is 0 Å². The van der Waals surface area contributed by atoms with E-state index >= 15 is 0 Å². The predicted molar refractivity (Wildman–Crippen MR) is 82.6 cm³/mol. The summed E-state index contributed by atoms with van der Waals surface area (Å²) in [5.74, 6) is 0.452. The summed E-state index contributed by atoms with van der Waals surface area (Å²) in [5, 5.41) is 12.1. The van der Waals surface area contributed by atoms with Crippen molar-refractivity contribution in [2.75, 3.05) is 0 Å². The molecule has 0 saturated carbocycles. The number of hydrogen-bond acceptors (Lipinski definition) is 4. The van der Waals surface area contributed by atoms with Crippen molar-refractivity contribution in [3.05, 3.63) is 59.1 Å². The van der Waals surface area contributed by atoms with Gasteiger partial charge in [0, 0.05) is 10.6 Å². The van der Waals surface area contributed by atoms with Crippen molar-refractivity contribution in [2.24, 2.45) is 4.99 Å². The van der Waals surface area contributed by atoms with E-state index in [2.05, 4.69) is 4.99 Å². The molecule has 0 amide bonds. The number of benzene rings is 1. The minimum Gasteiger partial charge on any atom is -0.491 e. The highest BCUT2D eigenvalue weighted by atomic mass is 16.4. The molecule has 0 aliphatic carbocycles. The van der Waals surface area contributed by atoms with Crippen LogP contribution in [-0.4, -0.2) is 10.8 Å². The van der Waals surface area contributed by atoms with Crippen LogP contribution in [0.3, 0.4) is 0 Å². The molecular formula is C17H15NO3. The highest BCUT2D eigenvalue weighted by molar-refractivity contribution is 5.98. The van der Waals surface area contributed by atoms with Crippen molar-refractivity contribution in [2.45, 2.75) is 13.8 Å². The summed E-state index contributed by atoms with van der Waals surface area (Å²) in [6, 6.07) is 11.2. The minimum atomic E-state index is -0.159. The number of aliphatic hydroxyl groups is 1. The monoisotopic (exact) mass is 281 g/mol. The zero-order valence-electron chi connectivity index (χ0n) is 11.8. The third kappa shape index (κ3) is 2.36. The van der Waals surface area contributed by atoms with Crippen molar-refractivity contribution in [1.29, 1.82) is 0 Å². The van der Waals surface area contributed by atoms with E-state index in [0.717, 1.165) is 16.2 Å². The topological polar surface area (TPSA) is 58.9 Å². The third-order valence-corrected chi connectivity index (χ3v) is 3.28. The molecule has 0 bridgehead atoms. The van der Waals surface area contributed by atoms with Crippen molar-refractivity contribution in [3.8, 4) is 0 Å². The molecule has 3 rings (SSSR count). The average molecular weight is 281 g/mol. The van der Waals surface area contributed by atoms with Gasteiger partial charge in [0.25, 0.3) is 5.88 Å². The van der Waals surface area contributed by atoms with Crippen LogP contribution in [0.5, 0.6) is 0 Å². The Balaban J connectivity index is 2.25. The first kappa shape index (κ1) is 13.2. The van der Waals surface area contributed by atoms with Crippen molar-refractivity contribution in [3.63, 3.8) is 0 Å². The first-order chi connectivity index (χ1) is 10.2. The van der Waals surface area contributed by atoms with Crippen LogP contribution < -0.4 is 10.6 Å². The lowest BCUT2D eigenvalue weighted by Crippen LogP contribution is -2.22. The van der Waals surface area contributed by atoms with E-state index in [1.165, 1.54) is 0 Å². The normalized spacial score (nSPS) is 14.8. The Morgan fingerprint density at radius 2 is 2.00 bits per heavy atom. The Bertz CT molecular complexity index is 915. The second-order valence-electron chi connectivity index (χ2n) is 4.63. The summed E-state index contributed by atoms with van der Waals surface area (Å²) in [5.41, 5.74) is 1.67. The summed E-state index contributed by atoms with van der Waals surface area (Å²) < 4.78 is 11.0. The Hall–Kier alpha value is -2.75. The van der Waals surface area contributed by atoms with Gasteiger partial charge in [0.1, 0.15) is 11.3 Å². The standard InChI is InChI=1S/C17H15NO3/c1-3-12-13-7-4-5-8-15(13)21-16(12)17(19)18-11(2)14-9-6-10-20-14/h3-10,19H,1-2H3/b12-3?,17-16-,18-11+. The molecule has 0 aliphatic rings. The van der Waals surface area contributed by atoms with Crippen LogP contribution in [0.1, 0.15) is 19.6 Å². The Morgan fingerprint density at radius 3 is 2.71 bits per heavy atom. The van der Waals surface area contributed by atoms with Crippen LogP contribution >= 0.6 is 0 Å². The second-order valence-corrected chi connectivity index (χ2v) is 4.63. The minimum absolute atomic E-state index is 0.159. The van der Waals surface area contributed by atoms with E-state index in [9.17, 15) is 5.11 Å². The Kier molecular flexibility index (Phi) is 3.36. The number of furan rings is 2. The SMILES string of the molecule is CC=c1/c(=C(O)\N=C(/C)c2ccco2)oc2ccccc12. The van der Waals surface area contributed by atoms with Gasteiger partial charge in [-0.2, -0.15) is 0 Å². The highest BCUT2D eigenvalue weighted by Crippen LogP contribution is 2.08. The number of fused-ring (bicyclic) bond motifs is 1. The van der Waals surface area contributed by atoms with Crippen LogP contribution in [0.15, 0.2) is 56.5 Å². The van der Waals surface area contributed by atoms with E-state index in [-0.39, 0.29) is 5.88 Å². The van der Waals surface area contributed by atoms with Crippen LogP contribution in [0.4, 0.5) is 0 Å². The quantitative estimate of drug-likeness (QED) is 0.735. The maximum atomic E-state index is 10.3. The molecule has 2 aromatic heterocycles. The maximum Gasteiger partial charge on any atom is 0.256 e. The van der Waals surface area contributed by atoms with Crippen LogP contribution in [0.25, 0.3) is 22.9 Å². The molecule has 0 fully saturated rings. The summed E-state index contributed by atoms with van der Waals surface area (Å²) in [7, 11) is 0. The largest absolute Gasteiger partial charge is 0.491 e. The first-order valence-electron chi connectivity index (χ1n) is 6.67. The molecule has 1 N–H and O–H groups in total. The van der Waals surface area contributed by atoms with E-state index < -0.39 is 0 Å². The lowest BCUT2D eigenvalue weighted by atomic mass is 10.2.